The van der Waals surface area contributed by atoms with Crippen molar-refractivity contribution in [3.8, 4) is 0 Å². The van der Waals surface area contributed by atoms with Crippen LogP contribution in [-0.2, 0) is 0 Å². The molecule has 86 valence electrons. The summed E-state index contributed by atoms with van der Waals surface area (Å²) in [6, 6.07) is 5.31. The summed E-state index contributed by atoms with van der Waals surface area (Å²) in [5, 5.41) is 0. The molecule has 1 aliphatic rings. The molecule has 1 heteroatoms. The van der Waals surface area contributed by atoms with Gasteiger partial charge in [0.2, 0.25) is 0 Å². The third-order valence-corrected chi connectivity index (χ3v) is 2.26. The molecule has 15 heavy (non-hydrogen) atoms. The van der Waals surface area contributed by atoms with E-state index in [1.165, 1.54) is 12.8 Å². The molecule has 0 N–H and O–H groups in total. The van der Waals surface area contributed by atoms with Crippen molar-refractivity contribution in [3.05, 3.63) is 35.1 Å². The van der Waals surface area contributed by atoms with Crippen molar-refractivity contribution in [2.45, 2.75) is 53.4 Å². The largest absolute Gasteiger partial charge is 0.207 e. The van der Waals surface area contributed by atoms with E-state index in [2.05, 4.69) is 0 Å². The van der Waals surface area contributed by atoms with Gasteiger partial charge in [-0.25, -0.2) is 4.39 Å². The quantitative estimate of drug-likeness (QED) is 0.607. The van der Waals surface area contributed by atoms with Crippen LogP contribution in [0.3, 0.4) is 0 Å². The number of hydrogen-bond acceptors (Lipinski definition) is 0. The SMILES string of the molecule is CC.CC.Cc1cccc(F)c1C1CC1. The highest BCUT2D eigenvalue weighted by Crippen LogP contribution is 2.42. The summed E-state index contributed by atoms with van der Waals surface area (Å²) in [5.74, 6) is 0.503. The Morgan fingerprint density at radius 2 is 1.60 bits per heavy atom. The fourth-order valence-corrected chi connectivity index (χ4v) is 1.53. The second-order valence-corrected chi connectivity index (χ2v) is 3.24. The molecular weight excluding hydrogens is 187 g/mol. The normalized spacial score (nSPS) is 13.2. The maximum absolute atomic E-state index is 13.1. The zero-order valence-electron chi connectivity index (χ0n) is 10.6. The van der Waals surface area contributed by atoms with E-state index < -0.39 is 0 Å². The molecule has 2 rings (SSSR count). The zero-order valence-corrected chi connectivity index (χ0v) is 10.6. The second kappa shape index (κ2) is 7.44. The Morgan fingerprint density at radius 3 is 2.00 bits per heavy atom. The lowest BCUT2D eigenvalue weighted by Gasteiger charge is -2.03. The maximum atomic E-state index is 13.1. The van der Waals surface area contributed by atoms with Crippen molar-refractivity contribution in [2.24, 2.45) is 0 Å². The molecule has 1 aromatic carbocycles. The van der Waals surface area contributed by atoms with E-state index >= 15 is 0 Å². The Hall–Kier alpha value is -0.850. The molecule has 0 spiro atoms. The summed E-state index contributed by atoms with van der Waals surface area (Å²) >= 11 is 0. The lowest BCUT2D eigenvalue weighted by atomic mass is 10.0. The minimum absolute atomic E-state index is 0.0208. The molecule has 1 aromatic rings. The third kappa shape index (κ3) is 4.03. The van der Waals surface area contributed by atoms with Gasteiger partial charge in [-0.2, -0.15) is 0 Å². The number of aryl methyl sites for hydroxylation is 1. The summed E-state index contributed by atoms with van der Waals surface area (Å²) in [5.41, 5.74) is 2.06. The van der Waals surface area contributed by atoms with Gasteiger partial charge in [0.15, 0.2) is 0 Å². The smallest absolute Gasteiger partial charge is 0.126 e. The van der Waals surface area contributed by atoms with Gasteiger partial charge in [0.1, 0.15) is 5.82 Å². The van der Waals surface area contributed by atoms with E-state index in [4.69, 9.17) is 0 Å². The Labute approximate surface area is 93.5 Å². The fraction of sp³-hybridized carbons (Fsp3) is 0.571. The van der Waals surface area contributed by atoms with E-state index in [1.807, 2.05) is 40.7 Å². The van der Waals surface area contributed by atoms with Crippen molar-refractivity contribution in [2.75, 3.05) is 0 Å². The number of hydrogen-bond donors (Lipinski definition) is 0. The van der Waals surface area contributed by atoms with Gasteiger partial charge >= 0.3 is 0 Å². The third-order valence-electron chi connectivity index (χ3n) is 2.26. The van der Waals surface area contributed by atoms with Crippen molar-refractivity contribution in [3.63, 3.8) is 0 Å². The predicted octanol–water partition coefficient (Wildman–Crippen LogP) is 5.06. The molecule has 0 saturated heterocycles. The van der Waals surface area contributed by atoms with Crippen LogP contribution in [-0.4, -0.2) is 0 Å². The first-order valence-electron chi connectivity index (χ1n) is 6.04. The van der Waals surface area contributed by atoms with Crippen LogP contribution < -0.4 is 0 Å². The van der Waals surface area contributed by atoms with Crippen molar-refractivity contribution in [1.29, 1.82) is 0 Å². The minimum atomic E-state index is -0.0208. The molecular formula is C14H23F. The minimum Gasteiger partial charge on any atom is -0.207 e. The number of halogens is 1. The highest BCUT2D eigenvalue weighted by Gasteiger charge is 2.27. The van der Waals surface area contributed by atoms with Crippen LogP contribution >= 0.6 is 0 Å². The zero-order chi connectivity index (χ0) is 11.8. The predicted molar refractivity (Wildman–Crippen MR) is 65.8 cm³/mol. The van der Waals surface area contributed by atoms with Crippen LogP contribution in [0.25, 0.3) is 0 Å². The van der Waals surface area contributed by atoms with Crippen LogP contribution in [0.5, 0.6) is 0 Å². The Balaban J connectivity index is 0.000000442. The van der Waals surface area contributed by atoms with Crippen molar-refractivity contribution >= 4 is 0 Å². The summed E-state index contributed by atoms with van der Waals surface area (Å²) in [6.45, 7) is 9.98. The molecule has 0 bridgehead atoms. The first kappa shape index (κ1) is 14.2. The van der Waals surface area contributed by atoms with Gasteiger partial charge in [0, 0.05) is 0 Å². The lowest BCUT2D eigenvalue weighted by Crippen LogP contribution is -1.90. The molecule has 0 unspecified atom stereocenters. The topological polar surface area (TPSA) is 0 Å². The van der Waals surface area contributed by atoms with Gasteiger partial charge in [-0.05, 0) is 42.9 Å². The summed E-state index contributed by atoms with van der Waals surface area (Å²) in [6.07, 6.45) is 2.34. The van der Waals surface area contributed by atoms with Gasteiger partial charge in [-0.15, -0.1) is 0 Å². The molecule has 1 fully saturated rings. The fourth-order valence-electron chi connectivity index (χ4n) is 1.53. The summed E-state index contributed by atoms with van der Waals surface area (Å²) in [4.78, 5) is 0. The van der Waals surface area contributed by atoms with E-state index in [0.717, 1.165) is 11.1 Å². The van der Waals surface area contributed by atoms with Gasteiger partial charge in [0.05, 0.1) is 0 Å². The van der Waals surface area contributed by atoms with Crippen LogP contribution in [0.4, 0.5) is 4.39 Å². The Bertz CT molecular complexity index is 254. The highest BCUT2D eigenvalue weighted by molar-refractivity contribution is 5.33. The van der Waals surface area contributed by atoms with Crippen molar-refractivity contribution in [1.82, 2.24) is 0 Å². The van der Waals surface area contributed by atoms with Gasteiger partial charge in [-0.1, -0.05) is 39.8 Å². The molecule has 0 atom stereocenters. The average molecular weight is 210 g/mol. The number of rotatable bonds is 1. The average Bonchev–Trinajstić information content (AvgIpc) is 3.08. The Morgan fingerprint density at radius 1 is 1.07 bits per heavy atom. The highest BCUT2D eigenvalue weighted by atomic mass is 19.1. The lowest BCUT2D eigenvalue weighted by molar-refractivity contribution is 0.609. The van der Waals surface area contributed by atoms with Crippen LogP contribution in [0.15, 0.2) is 18.2 Å². The van der Waals surface area contributed by atoms with Crippen LogP contribution in [0.2, 0.25) is 0 Å². The van der Waals surface area contributed by atoms with Gasteiger partial charge in [-0.3, -0.25) is 0 Å². The van der Waals surface area contributed by atoms with E-state index in [1.54, 1.807) is 12.1 Å². The van der Waals surface area contributed by atoms with Gasteiger partial charge < -0.3 is 0 Å². The second-order valence-electron chi connectivity index (χ2n) is 3.24. The molecule has 0 heterocycles. The molecule has 0 nitrogen and oxygen atoms in total. The molecule has 0 aromatic heterocycles. The molecule has 0 radical (unpaired) electrons. The molecule has 0 aliphatic heterocycles. The van der Waals surface area contributed by atoms with Crippen molar-refractivity contribution < 1.29 is 4.39 Å². The van der Waals surface area contributed by atoms with Gasteiger partial charge in [0.25, 0.3) is 0 Å². The standard InChI is InChI=1S/C10H11F.2C2H6/c1-7-3-2-4-9(11)10(7)8-5-6-8;2*1-2/h2-4,8H,5-6H2,1H3;2*1-2H3. The van der Waals surface area contributed by atoms with Crippen LogP contribution in [0, 0.1) is 12.7 Å². The molecule has 1 saturated carbocycles. The Kier molecular flexibility index (Phi) is 7.02. The maximum Gasteiger partial charge on any atom is 0.126 e. The first-order chi connectivity index (χ1) is 7.29. The van der Waals surface area contributed by atoms with E-state index in [9.17, 15) is 4.39 Å². The number of benzene rings is 1. The summed E-state index contributed by atoms with van der Waals surface area (Å²) < 4.78 is 13.1. The molecule has 0 amide bonds. The first-order valence-corrected chi connectivity index (χ1v) is 6.04. The monoisotopic (exact) mass is 210 g/mol. The van der Waals surface area contributed by atoms with E-state index in [-0.39, 0.29) is 5.82 Å². The summed E-state index contributed by atoms with van der Waals surface area (Å²) in [7, 11) is 0. The van der Waals surface area contributed by atoms with Crippen LogP contribution in [0.1, 0.15) is 57.6 Å². The van der Waals surface area contributed by atoms with E-state index in [0.29, 0.717) is 5.92 Å². The molecule has 1 aliphatic carbocycles.